The molecule has 1 N–H and O–H groups in total. The monoisotopic (exact) mass is 354 g/mol. The number of rotatable bonds is 2. The molecule has 0 amide bonds. The zero-order valence-electron chi connectivity index (χ0n) is 13.8. The summed E-state index contributed by atoms with van der Waals surface area (Å²) in [6.45, 7) is 4.04. The van der Waals surface area contributed by atoms with Crippen LogP contribution in [0.15, 0.2) is 41.1 Å². The molecule has 1 atom stereocenters. The molecule has 3 rings (SSSR count). The third-order valence-electron chi connectivity index (χ3n) is 4.56. The smallest absolute Gasteiger partial charge is 0.269 e. The third kappa shape index (κ3) is 3.04. The van der Waals surface area contributed by atoms with Crippen LogP contribution in [0.4, 0.5) is 5.69 Å². The molecule has 0 bridgehead atoms. The molecule has 128 valence electrons. The first-order chi connectivity index (χ1) is 11.7. The van der Waals surface area contributed by atoms with E-state index >= 15 is 0 Å². The second kappa shape index (κ2) is 6.02. The van der Waals surface area contributed by atoms with Crippen LogP contribution >= 0.6 is 12.2 Å². The molecule has 7 heteroatoms. The first-order valence-corrected chi connectivity index (χ1v) is 8.23. The Morgan fingerprint density at radius 1 is 1.32 bits per heavy atom. The quantitative estimate of drug-likeness (QED) is 0.289. The van der Waals surface area contributed by atoms with E-state index in [2.05, 4.69) is 11.2 Å². The molecule has 0 aromatic heterocycles. The van der Waals surface area contributed by atoms with Crippen molar-refractivity contribution in [2.75, 3.05) is 0 Å². The summed E-state index contributed by atoms with van der Waals surface area (Å²) in [6.07, 6.45) is 1.05. The summed E-state index contributed by atoms with van der Waals surface area (Å²) in [5.41, 5.74) is 2.06. The molecular formula is C18H16N3O3S-. The first kappa shape index (κ1) is 17.2. The van der Waals surface area contributed by atoms with Crippen molar-refractivity contribution in [2.24, 2.45) is 5.41 Å². The number of nitrogens with one attached hydrogen (secondary N) is 1. The van der Waals surface area contributed by atoms with E-state index in [1.807, 2.05) is 13.8 Å². The number of thiocarbonyl (C=S) groups is 1. The van der Waals surface area contributed by atoms with Crippen molar-refractivity contribution in [2.45, 2.75) is 32.6 Å². The predicted molar refractivity (Wildman–Crippen MR) is 98.5 cm³/mol. The number of ketones is 1. The van der Waals surface area contributed by atoms with E-state index in [4.69, 9.17) is 12.2 Å². The van der Waals surface area contributed by atoms with Gasteiger partial charge < -0.3 is 10.7 Å². The Balaban J connectivity index is 2.16. The maximum absolute atomic E-state index is 12.8. The highest BCUT2D eigenvalue weighted by molar-refractivity contribution is 7.80. The molecule has 1 aromatic carbocycles. The topological polar surface area (TPSA) is 94.5 Å². The van der Waals surface area contributed by atoms with Crippen molar-refractivity contribution in [3.05, 3.63) is 62.2 Å². The predicted octanol–water partition coefficient (Wildman–Crippen LogP) is 3.42. The Morgan fingerprint density at radius 3 is 2.52 bits per heavy atom. The number of benzene rings is 1. The summed E-state index contributed by atoms with van der Waals surface area (Å²) in [7, 11) is 0. The minimum atomic E-state index is -0.571. The van der Waals surface area contributed by atoms with E-state index in [0.717, 1.165) is 5.70 Å². The van der Waals surface area contributed by atoms with Gasteiger partial charge in [0.15, 0.2) is 5.78 Å². The molecule has 0 fully saturated rings. The Kier molecular flexibility index (Phi) is 4.14. The number of nitrogens with zero attached hydrogens (tertiary/aromatic N) is 2. The number of hydrogen-bond acceptors (Lipinski definition) is 4. The molecule has 25 heavy (non-hydrogen) atoms. The highest BCUT2D eigenvalue weighted by Crippen LogP contribution is 2.45. The van der Waals surface area contributed by atoms with Crippen LogP contribution in [-0.4, -0.2) is 21.6 Å². The van der Waals surface area contributed by atoms with Crippen molar-refractivity contribution >= 4 is 34.5 Å². The fraction of sp³-hybridized carbons (Fsp3) is 0.333. The Morgan fingerprint density at radius 2 is 1.96 bits per heavy atom. The minimum Gasteiger partial charge on any atom is -0.763 e. The summed E-state index contributed by atoms with van der Waals surface area (Å²) in [5, 5.41) is 23.5. The number of Topliss-reactive ketones (excluding diaryl/α,β-unsaturated/α-hetero) is 1. The van der Waals surface area contributed by atoms with Gasteiger partial charge in [-0.2, -0.15) is 0 Å². The van der Waals surface area contributed by atoms with Crippen LogP contribution in [0.1, 0.15) is 38.2 Å². The molecule has 0 radical (unpaired) electrons. The largest absolute Gasteiger partial charge is 0.763 e. The van der Waals surface area contributed by atoms with Gasteiger partial charge in [0.2, 0.25) is 0 Å². The summed E-state index contributed by atoms with van der Waals surface area (Å²) in [5.74, 6) is 1.52. The number of carbonyl (C=O) groups excluding carboxylic acids is 1. The molecule has 6 nitrogen and oxygen atoms in total. The maximum atomic E-state index is 12.8. The second-order valence-corrected chi connectivity index (χ2v) is 7.50. The maximum Gasteiger partial charge on any atom is 0.269 e. The molecule has 0 spiro atoms. The van der Waals surface area contributed by atoms with Gasteiger partial charge in [0.25, 0.3) is 5.69 Å². The fourth-order valence-corrected chi connectivity index (χ4v) is 3.78. The highest BCUT2D eigenvalue weighted by atomic mass is 32.1. The number of nitro benzene ring substituents is 1. The normalized spacial score (nSPS) is 22.2. The molecule has 1 heterocycles. The van der Waals surface area contributed by atoms with E-state index in [9.17, 15) is 20.3 Å². The van der Waals surface area contributed by atoms with Gasteiger partial charge >= 0.3 is 0 Å². The fourth-order valence-electron chi connectivity index (χ4n) is 3.50. The van der Waals surface area contributed by atoms with Crippen LogP contribution in [0.5, 0.6) is 0 Å². The van der Waals surface area contributed by atoms with Crippen LogP contribution in [0.3, 0.4) is 0 Å². The van der Waals surface area contributed by atoms with Crippen LogP contribution < -0.4 is 5.32 Å². The van der Waals surface area contributed by atoms with Crippen molar-refractivity contribution in [1.82, 2.24) is 5.32 Å². The van der Waals surface area contributed by atoms with E-state index in [-0.39, 0.29) is 16.9 Å². The summed E-state index contributed by atoms with van der Waals surface area (Å²) in [6, 6.07) is 5.94. The lowest BCUT2D eigenvalue weighted by atomic mass is 9.69. The van der Waals surface area contributed by atoms with Gasteiger partial charge in [0, 0.05) is 41.3 Å². The molecule has 2 aliphatic rings. The average Bonchev–Trinajstić information content (AvgIpc) is 2.52. The molecule has 1 aliphatic heterocycles. The van der Waals surface area contributed by atoms with Gasteiger partial charge in [-0.15, -0.1) is 0 Å². The van der Waals surface area contributed by atoms with Crippen molar-refractivity contribution < 1.29 is 9.72 Å². The van der Waals surface area contributed by atoms with E-state index < -0.39 is 10.8 Å². The Labute approximate surface area is 150 Å². The van der Waals surface area contributed by atoms with Gasteiger partial charge in [-0.3, -0.25) is 20.8 Å². The summed E-state index contributed by atoms with van der Waals surface area (Å²) >= 11 is 5.33. The van der Waals surface area contributed by atoms with Gasteiger partial charge in [-0.05, 0) is 17.4 Å². The average molecular weight is 354 g/mol. The second-order valence-electron chi connectivity index (χ2n) is 7.09. The Hall–Kier alpha value is -2.63. The molecule has 1 aromatic rings. The standard InChI is InChI=1S/C18H16N3O3S/c1-18(2)7-13-16(14(22)8-18)15(12(9-19)17(25)20-13)10-3-5-11(6-4-10)21(23)24/h3-6,15H,7-8H2,1-2H3,(H,20,25)/q-1. The highest BCUT2D eigenvalue weighted by Gasteiger charge is 2.41. The lowest BCUT2D eigenvalue weighted by molar-refractivity contribution is -0.384. The van der Waals surface area contributed by atoms with E-state index in [1.165, 1.54) is 12.1 Å². The molecular weight excluding hydrogens is 338 g/mol. The van der Waals surface area contributed by atoms with Crippen LogP contribution in [0.2, 0.25) is 0 Å². The number of nitro groups is 1. The van der Waals surface area contributed by atoms with Gasteiger partial charge in [-0.25, -0.2) is 0 Å². The third-order valence-corrected chi connectivity index (χ3v) is 4.89. The SMILES string of the molecule is CC1(C)CC(=O)C2=C(C1)NC(=S)C(=C=[N-])C2c1ccc([N+](=O)[O-])cc1. The van der Waals surface area contributed by atoms with Crippen molar-refractivity contribution in [1.29, 1.82) is 0 Å². The van der Waals surface area contributed by atoms with Gasteiger partial charge in [0.05, 0.1) is 4.92 Å². The minimum absolute atomic E-state index is 0.0163. The lowest BCUT2D eigenvalue weighted by Crippen LogP contribution is -2.41. The van der Waals surface area contributed by atoms with E-state index in [1.54, 1.807) is 12.1 Å². The zero-order valence-corrected chi connectivity index (χ0v) is 14.6. The molecule has 0 saturated heterocycles. The van der Waals surface area contributed by atoms with E-state index in [0.29, 0.717) is 34.5 Å². The van der Waals surface area contributed by atoms with Crippen molar-refractivity contribution in [3.8, 4) is 0 Å². The number of non-ortho nitro benzene ring substituents is 1. The van der Waals surface area contributed by atoms with Crippen LogP contribution in [-0.2, 0) is 4.79 Å². The summed E-state index contributed by atoms with van der Waals surface area (Å²) < 4.78 is 0. The van der Waals surface area contributed by atoms with Crippen LogP contribution in [0, 0.1) is 15.5 Å². The first-order valence-electron chi connectivity index (χ1n) is 7.82. The molecule has 0 saturated carbocycles. The number of allylic oxidation sites excluding steroid dienone is 2. The van der Waals surface area contributed by atoms with Crippen LogP contribution in [0.25, 0.3) is 5.41 Å². The van der Waals surface area contributed by atoms with Gasteiger partial charge in [0.1, 0.15) is 4.99 Å². The Bertz CT molecular complexity index is 877. The van der Waals surface area contributed by atoms with Gasteiger partial charge in [-0.1, -0.05) is 38.2 Å². The number of carbonyl (C=O) groups is 1. The lowest BCUT2D eigenvalue weighted by Gasteiger charge is -2.39. The van der Waals surface area contributed by atoms with Crippen molar-refractivity contribution in [3.63, 3.8) is 0 Å². The number of hydrogen-bond donors (Lipinski definition) is 1. The molecule has 1 unspecified atom stereocenters. The summed E-state index contributed by atoms with van der Waals surface area (Å²) in [4.78, 5) is 23.5. The molecule has 1 aliphatic carbocycles. The zero-order chi connectivity index (χ0) is 18.4.